The van der Waals surface area contributed by atoms with Crippen LogP contribution in [0.1, 0.15) is 17.0 Å². The van der Waals surface area contributed by atoms with Gasteiger partial charge in [0.25, 0.3) is 0 Å². The minimum Gasteiger partial charge on any atom is -0.323 e. The Bertz CT molecular complexity index is 1240. The van der Waals surface area contributed by atoms with E-state index in [4.69, 9.17) is 4.98 Å². The molecule has 0 bridgehead atoms. The predicted molar refractivity (Wildman–Crippen MR) is 128 cm³/mol. The molecule has 0 aliphatic rings. The van der Waals surface area contributed by atoms with E-state index < -0.39 is 0 Å². The van der Waals surface area contributed by atoms with Gasteiger partial charge in [-0.3, -0.25) is 0 Å². The second-order valence-corrected chi connectivity index (χ2v) is 7.69. The number of rotatable bonds is 6. The topological polar surface area (TPSA) is 17.8 Å². The van der Waals surface area contributed by atoms with Crippen LogP contribution >= 0.6 is 0 Å². The molecule has 0 saturated heterocycles. The fourth-order valence-electron chi connectivity index (χ4n) is 4.03. The quantitative estimate of drug-likeness (QED) is 0.304. The van der Waals surface area contributed by atoms with Gasteiger partial charge < -0.3 is 4.57 Å². The predicted octanol–water partition coefficient (Wildman–Crippen LogP) is 6.86. The first kappa shape index (κ1) is 19.1. The summed E-state index contributed by atoms with van der Waals surface area (Å²) < 4.78 is 2.39. The molecule has 0 fully saturated rings. The normalized spacial score (nSPS) is 10.8. The Morgan fingerprint density at radius 1 is 0.516 bits per heavy atom. The average Bonchev–Trinajstić information content (AvgIpc) is 3.19. The van der Waals surface area contributed by atoms with Crippen LogP contribution in [0.15, 0.2) is 121 Å². The smallest absolute Gasteiger partial charge is 0.114 e. The highest BCUT2D eigenvalue weighted by Crippen LogP contribution is 2.34. The van der Waals surface area contributed by atoms with Crippen molar-refractivity contribution in [2.45, 2.75) is 13.0 Å². The molecule has 0 unspecified atom stereocenters. The zero-order chi connectivity index (χ0) is 20.9. The highest BCUT2D eigenvalue weighted by Gasteiger charge is 2.20. The maximum atomic E-state index is 5.21. The van der Waals surface area contributed by atoms with Gasteiger partial charge in [-0.15, -0.1) is 0 Å². The highest BCUT2D eigenvalue weighted by molar-refractivity contribution is 5.79. The molecule has 0 amide bonds. The van der Waals surface area contributed by atoms with Crippen LogP contribution < -0.4 is 0 Å². The molecule has 4 aromatic carbocycles. The summed E-state index contributed by atoms with van der Waals surface area (Å²) in [6.45, 7) is 0.785. The molecule has 2 nitrogen and oxygen atoms in total. The Kier molecular flexibility index (Phi) is 5.44. The van der Waals surface area contributed by atoms with Crippen molar-refractivity contribution in [1.82, 2.24) is 9.55 Å². The standard InChI is InChI=1S/C29H24N2/c1-5-13-23(14-6-1)21-27-30-28(25-17-9-3-10-18-25)29(26-19-11-4-12-20-26)31(27)22-24-15-7-2-8-16-24/h1-20H,21-22H2. The number of aromatic nitrogens is 2. The lowest BCUT2D eigenvalue weighted by Gasteiger charge is -2.14. The third kappa shape index (κ3) is 4.19. The second-order valence-electron chi connectivity index (χ2n) is 7.69. The molecule has 5 rings (SSSR count). The lowest BCUT2D eigenvalue weighted by atomic mass is 10.0. The number of benzene rings is 4. The Morgan fingerprint density at radius 3 is 1.58 bits per heavy atom. The summed E-state index contributed by atoms with van der Waals surface area (Å²) >= 11 is 0. The molecular weight excluding hydrogens is 376 g/mol. The first-order valence-electron chi connectivity index (χ1n) is 10.7. The van der Waals surface area contributed by atoms with Crippen molar-refractivity contribution in [3.8, 4) is 22.5 Å². The summed E-state index contributed by atoms with van der Waals surface area (Å²) in [5.74, 6) is 1.08. The van der Waals surface area contributed by atoms with Gasteiger partial charge >= 0.3 is 0 Å². The van der Waals surface area contributed by atoms with Gasteiger partial charge in [-0.1, -0.05) is 121 Å². The van der Waals surface area contributed by atoms with Gasteiger partial charge in [0, 0.05) is 24.1 Å². The average molecular weight is 401 g/mol. The molecule has 0 radical (unpaired) electrons. The van der Waals surface area contributed by atoms with Gasteiger partial charge in [0.05, 0.1) is 11.4 Å². The van der Waals surface area contributed by atoms with Crippen LogP contribution in [0, 0.1) is 0 Å². The fourth-order valence-corrected chi connectivity index (χ4v) is 4.03. The van der Waals surface area contributed by atoms with E-state index in [2.05, 4.69) is 126 Å². The summed E-state index contributed by atoms with van der Waals surface area (Å²) in [5.41, 5.74) is 7.06. The van der Waals surface area contributed by atoms with Crippen molar-refractivity contribution in [2.75, 3.05) is 0 Å². The number of nitrogens with zero attached hydrogens (tertiary/aromatic N) is 2. The SMILES string of the molecule is c1ccc(Cc2nc(-c3ccccc3)c(-c3ccccc3)n2Cc2ccccc2)cc1. The van der Waals surface area contributed by atoms with Crippen LogP contribution in [0.4, 0.5) is 0 Å². The van der Waals surface area contributed by atoms with Crippen molar-refractivity contribution < 1.29 is 0 Å². The van der Waals surface area contributed by atoms with Crippen LogP contribution in [0.25, 0.3) is 22.5 Å². The summed E-state index contributed by atoms with van der Waals surface area (Å²) in [6.07, 6.45) is 0.792. The molecule has 0 spiro atoms. The van der Waals surface area contributed by atoms with Crippen LogP contribution in [-0.2, 0) is 13.0 Å². The largest absolute Gasteiger partial charge is 0.323 e. The van der Waals surface area contributed by atoms with E-state index in [1.165, 1.54) is 22.4 Å². The second kappa shape index (κ2) is 8.85. The molecule has 150 valence electrons. The lowest BCUT2D eigenvalue weighted by molar-refractivity contribution is 0.747. The van der Waals surface area contributed by atoms with E-state index in [0.29, 0.717) is 0 Å². The van der Waals surface area contributed by atoms with Crippen LogP contribution in [0.3, 0.4) is 0 Å². The molecule has 1 aromatic heterocycles. The third-order valence-corrected chi connectivity index (χ3v) is 5.53. The monoisotopic (exact) mass is 400 g/mol. The Balaban J connectivity index is 1.72. The number of hydrogen-bond donors (Lipinski definition) is 0. The maximum Gasteiger partial charge on any atom is 0.114 e. The minimum atomic E-state index is 0.785. The van der Waals surface area contributed by atoms with Crippen molar-refractivity contribution in [1.29, 1.82) is 0 Å². The first-order valence-corrected chi connectivity index (χ1v) is 10.7. The van der Waals surface area contributed by atoms with Crippen molar-refractivity contribution in [3.05, 3.63) is 138 Å². The van der Waals surface area contributed by atoms with Gasteiger partial charge in [0.1, 0.15) is 5.82 Å². The summed E-state index contributed by atoms with van der Waals surface area (Å²) in [4.78, 5) is 5.21. The zero-order valence-corrected chi connectivity index (χ0v) is 17.4. The molecule has 5 aromatic rings. The van der Waals surface area contributed by atoms with E-state index in [0.717, 1.165) is 30.0 Å². The summed E-state index contributed by atoms with van der Waals surface area (Å²) in [5, 5.41) is 0. The van der Waals surface area contributed by atoms with Crippen LogP contribution in [0.2, 0.25) is 0 Å². The van der Waals surface area contributed by atoms with Crippen molar-refractivity contribution in [2.24, 2.45) is 0 Å². The van der Waals surface area contributed by atoms with E-state index in [-0.39, 0.29) is 0 Å². The molecule has 31 heavy (non-hydrogen) atoms. The Labute approximate surface area is 183 Å². The molecular formula is C29H24N2. The molecule has 0 N–H and O–H groups in total. The van der Waals surface area contributed by atoms with E-state index in [1.54, 1.807) is 0 Å². The third-order valence-electron chi connectivity index (χ3n) is 5.53. The van der Waals surface area contributed by atoms with E-state index in [1.807, 2.05) is 0 Å². The molecule has 1 heterocycles. The van der Waals surface area contributed by atoms with Crippen LogP contribution in [-0.4, -0.2) is 9.55 Å². The van der Waals surface area contributed by atoms with Gasteiger partial charge in [0.15, 0.2) is 0 Å². The molecule has 0 aliphatic carbocycles. The summed E-state index contributed by atoms with van der Waals surface area (Å²) in [6, 6.07) is 42.3. The lowest BCUT2D eigenvalue weighted by Crippen LogP contribution is -2.07. The van der Waals surface area contributed by atoms with Gasteiger partial charge in [-0.05, 0) is 11.1 Å². The van der Waals surface area contributed by atoms with Crippen molar-refractivity contribution >= 4 is 0 Å². The van der Waals surface area contributed by atoms with Crippen LogP contribution in [0.5, 0.6) is 0 Å². The number of hydrogen-bond acceptors (Lipinski definition) is 1. The Hall–Kier alpha value is -3.91. The van der Waals surface area contributed by atoms with Crippen molar-refractivity contribution in [3.63, 3.8) is 0 Å². The highest BCUT2D eigenvalue weighted by atomic mass is 15.1. The van der Waals surface area contributed by atoms with E-state index >= 15 is 0 Å². The first-order chi connectivity index (χ1) is 15.4. The van der Waals surface area contributed by atoms with Gasteiger partial charge in [-0.25, -0.2) is 4.98 Å². The molecule has 0 aliphatic heterocycles. The minimum absolute atomic E-state index is 0.785. The molecule has 0 saturated carbocycles. The maximum absolute atomic E-state index is 5.21. The molecule has 0 atom stereocenters. The van der Waals surface area contributed by atoms with E-state index in [9.17, 15) is 0 Å². The Morgan fingerprint density at radius 2 is 1.00 bits per heavy atom. The number of imidazole rings is 1. The van der Waals surface area contributed by atoms with Gasteiger partial charge in [-0.2, -0.15) is 0 Å². The molecule has 2 heteroatoms. The zero-order valence-electron chi connectivity index (χ0n) is 17.4. The van der Waals surface area contributed by atoms with Gasteiger partial charge in [0.2, 0.25) is 0 Å². The fraction of sp³-hybridized carbons (Fsp3) is 0.0690. The summed E-state index contributed by atoms with van der Waals surface area (Å²) in [7, 11) is 0.